The van der Waals surface area contributed by atoms with E-state index in [2.05, 4.69) is 23.3 Å². The summed E-state index contributed by atoms with van der Waals surface area (Å²) in [5.41, 5.74) is -0.597. The van der Waals surface area contributed by atoms with E-state index in [0.29, 0.717) is 0 Å². The first-order valence-electron chi connectivity index (χ1n) is 13.8. The molecule has 0 saturated carbocycles. The molecule has 0 aromatic carbocycles. The lowest BCUT2D eigenvalue weighted by Crippen LogP contribution is -2.45. The molecule has 0 saturated heterocycles. The van der Waals surface area contributed by atoms with E-state index in [1.807, 2.05) is 0 Å². The Hall–Kier alpha value is 0.310. The van der Waals surface area contributed by atoms with Crippen molar-refractivity contribution >= 4 is 9.47 Å². The van der Waals surface area contributed by atoms with Crippen LogP contribution in [0.2, 0.25) is 0 Å². The molecule has 4 heteroatoms. The molecule has 0 heterocycles. The van der Waals surface area contributed by atoms with Crippen molar-refractivity contribution in [1.82, 2.24) is 0 Å². The van der Waals surface area contributed by atoms with Crippen LogP contribution in [0.1, 0.15) is 155 Å². The highest BCUT2D eigenvalue weighted by atomic mass is 31.0. The van der Waals surface area contributed by atoms with Crippen LogP contribution in [0.25, 0.3) is 0 Å². The summed E-state index contributed by atoms with van der Waals surface area (Å²) in [7, 11) is 2.37. The molecule has 0 rings (SSSR count). The van der Waals surface area contributed by atoms with Gasteiger partial charge in [-0.3, -0.25) is 0 Å². The molecule has 188 valence electrons. The predicted molar refractivity (Wildman–Crippen MR) is 140 cm³/mol. The van der Waals surface area contributed by atoms with Gasteiger partial charge in [-0.05, 0) is 12.8 Å². The summed E-state index contributed by atoms with van der Waals surface area (Å²) in [5, 5.41) is 20.1. The molecule has 0 aliphatic heterocycles. The Kier molecular flexibility index (Phi) is 23.7. The third-order valence-electron chi connectivity index (χ3n) is 6.92. The monoisotopic (exact) mass is 460 g/mol. The van der Waals surface area contributed by atoms with E-state index in [4.69, 9.17) is 4.52 Å². The van der Waals surface area contributed by atoms with Gasteiger partial charge in [-0.1, -0.05) is 142 Å². The molecule has 0 radical (unpaired) electrons. The lowest BCUT2D eigenvalue weighted by molar-refractivity contribution is -0.0799. The van der Waals surface area contributed by atoms with E-state index in [0.717, 1.165) is 25.7 Å². The van der Waals surface area contributed by atoms with Gasteiger partial charge in [0.15, 0.2) is 0 Å². The van der Waals surface area contributed by atoms with Crippen molar-refractivity contribution in [1.29, 1.82) is 0 Å². The molecule has 3 nitrogen and oxygen atoms in total. The number of aliphatic hydroxyl groups excluding tert-OH is 2. The zero-order chi connectivity index (χ0) is 23.0. The van der Waals surface area contributed by atoms with Gasteiger partial charge in [-0.15, -0.1) is 0 Å². The highest BCUT2D eigenvalue weighted by Crippen LogP contribution is 2.33. The second-order valence-corrected chi connectivity index (χ2v) is 9.98. The Balaban J connectivity index is 3.95. The molecular weight excluding hydrogens is 403 g/mol. The van der Waals surface area contributed by atoms with Gasteiger partial charge in [0.2, 0.25) is 0 Å². The third-order valence-corrected chi connectivity index (χ3v) is 7.39. The van der Waals surface area contributed by atoms with Crippen molar-refractivity contribution in [3.63, 3.8) is 0 Å². The van der Waals surface area contributed by atoms with E-state index in [-0.39, 0.29) is 6.61 Å². The van der Waals surface area contributed by atoms with Gasteiger partial charge in [-0.25, -0.2) is 0 Å². The van der Waals surface area contributed by atoms with E-state index < -0.39 is 11.7 Å². The minimum Gasteiger partial charge on any atom is -0.394 e. The zero-order valence-electron chi connectivity index (χ0n) is 21.2. The average molecular weight is 461 g/mol. The fraction of sp³-hybridized carbons (Fsp3) is 1.00. The topological polar surface area (TPSA) is 49.7 Å². The second-order valence-electron chi connectivity index (χ2n) is 9.74. The lowest BCUT2D eigenvalue weighted by atomic mass is 9.85. The largest absolute Gasteiger partial charge is 0.394 e. The Morgan fingerprint density at radius 1 is 0.581 bits per heavy atom. The number of hydrogen-bond donors (Lipinski definition) is 2. The average Bonchev–Trinajstić information content (AvgIpc) is 2.79. The maximum absolute atomic E-state index is 10.5. The van der Waals surface area contributed by atoms with Crippen molar-refractivity contribution < 1.29 is 14.7 Å². The first kappa shape index (κ1) is 31.3. The van der Waals surface area contributed by atoms with Gasteiger partial charge in [0, 0.05) is 9.47 Å². The minimum absolute atomic E-state index is 0.218. The normalized spacial score (nSPS) is 13.1. The van der Waals surface area contributed by atoms with Crippen LogP contribution in [-0.2, 0) is 4.52 Å². The van der Waals surface area contributed by atoms with Gasteiger partial charge >= 0.3 is 0 Å². The van der Waals surface area contributed by atoms with Gasteiger partial charge in [-0.2, -0.15) is 0 Å². The zero-order valence-corrected chi connectivity index (χ0v) is 22.4. The molecule has 31 heavy (non-hydrogen) atoms. The molecule has 0 fully saturated rings. The van der Waals surface area contributed by atoms with E-state index in [9.17, 15) is 10.2 Å². The second kappa shape index (κ2) is 23.5. The molecule has 0 spiro atoms. The van der Waals surface area contributed by atoms with Crippen LogP contribution >= 0.6 is 9.47 Å². The van der Waals surface area contributed by atoms with Gasteiger partial charge < -0.3 is 14.7 Å². The van der Waals surface area contributed by atoms with E-state index >= 15 is 0 Å². The Morgan fingerprint density at radius 3 is 1.13 bits per heavy atom. The van der Waals surface area contributed by atoms with Crippen molar-refractivity contribution in [3.05, 3.63) is 0 Å². The molecular formula is C27H57O3P. The fourth-order valence-electron chi connectivity index (χ4n) is 4.64. The molecule has 2 N–H and O–H groups in total. The standard InChI is InChI=1S/C27H57O3P/c1-3-5-7-9-11-13-15-17-19-21-23-27(30-31,26(29)25-28)24-22-20-18-16-14-12-10-8-6-4-2/h26,28-29H,3-25,31H2,1-2H3. The van der Waals surface area contributed by atoms with Crippen molar-refractivity contribution in [3.8, 4) is 0 Å². The van der Waals surface area contributed by atoms with Crippen LogP contribution in [0.4, 0.5) is 0 Å². The number of unbranched alkanes of at least 4 members (excludes halogenated alkanes) is 18. The Bertz CT molecular complexity index is 327. The third kappa shape index (κ3) is 17.5. The quantitative estimate of drug-likeness (QED) is 0.106. The van der Waals surface area contributed by atoms with Crippen LogP contribution in [0.3, 0.4) is 0 Å². The maximum atomic E-state index is 10.5. The first-order chi connectivity index (χ1) is 15.2. The van der Waals surface area contributed by atoms with E-state index in [1.54, 1.807) is 0 Å². The van der Waals surface area contributed by atoms with Crippen molar-refractivity contribution in [2.24, 2.45) is 0 Å². The summed E-state index contributed by atoms with van der Waals surface area (Å²) in [4.78, 5) is 0. The van der Waals surface area contributed by atoms with Crippen LogP contribution < -0.4 is 0 Å². The predicted octanol–water partition coefficient (Wildman–Crippen LogP) is 8.51. The molecule has 0 aromatic heterocycles. The highest BCUT2D eigenvalue weighted by molar-refractivity contribution is 7.09. The molecule has 2 unspecified atom stereocenters. The highest BCUT2D eigenvalue weighted by Gasteiger charge is 2.36. The summed E-state index contributed by atoms with van der Waals surface area (Å²) < 4.78 is 5.76. The van der Waals surface area contributed by atoms with Crippen molar-refractivity contribution in [2.75, 3.05) is 6.61 Å². The maximum Gasteiger partial charge on any atom is 0.106 e. The minimum atomic E-state index is -0.790. The molecule has 0 amide bonds. The SMILES string of the molecule is CCCCCCCCCCCCC(CCCCCCCCCCCC)(OP)C(O)CO. The molecule has 0 aliphatic rings. The Morgan fingerprint density at radius 2 is 0.871 bits per heavy atom. The van der Waals surface area contributed by atoms with Crippen LogP contribution in [0.5, 0.6) is 0 Å². The fourth-order valence-corrected chi connectivity index (χ4v) is 5.04. The molecule has 0 bridgehead atoms. The van der Waals surface area contributed by atoms with Gasteiger partial charge in [0.05, 0.1) is 12.2 Å². The van der Waals surface area contributed by atoms with E-state index in [1.165, 1.54) is 116 Å². The summed E-state index contributed by atoms with van der Waals surface area (Å²) in [6.07, 6.45) is 27.0. The number of aliphatic hydroxyl groups is 2. The van der Waals surface area contributed by atoms with Crippen molar-refractivity contribution in [2.45, 2.75) is 167 Å². The van der Waals surface area contributed by atoms with Crippen LogP contribution in [-0.4, -0.2) is 28.5 Å². The first-order valence-corrected chi connectivity index (χ1v) is 14.3. The van der Waals surface area contributed by atoms with Gasteiger partial charge in [0.25, 0.3) is 0 Å². The number of rotatable bonds is 25. The van der Waals surface area contributed by atoms with Gasteiger partial charge in [0.1, 0.15) is 6.10 Å². The summed E-state index contributed by atoms with van der Waals surface area (Å²) in [6.45, 7) is 4.31. The number of hydrogen-bond acceptors (Lipinski definition) is 3. The molecule has 0 aromatic rings. The van der Waals surface area contributed by atoms with Crippen LogP contribution in [0.15, 0.2) is 0 Å². The summed E-state index contributed by atoms with van der Waals surface area (Å²) in [5.74, 6) is 0. The Labute approximate surface area is 197 Å². The molecule has 0 aliphatic carbocycles. The summed E-state index contributed by atoms with van der Waals surface area (Å²) >= 11 is 0. The lowest BCUT2D eigenvalue weighted by Gasteiger charge is -2.36. The summed E-state index contributed by atoms with van der Waals surface area (Å²) in [6, 6.07) is 0. The molecule has 2 atom stereocenters. The smallest absolute Gasteiger partial charge is 0.106 e. The van der Waals surface area contributed by atoms with Crippen LogP contribution in [0, 0.1) is 0 Å².